The van der Waals surface area contributed by atoms with Crippen LogP contribution in [-0.2, 0) is 4.79 Å². The monoisotopic (exact) mass is 273 g/mol. The summed E-state index contributed by atoms with van der Waals surface area (Å²) >= 11 is 0. The predicted octanol–water partition coefficient (Wildman–Crippen LogP) is 1.74. The van der Waals surface area contributed by atoms with Crippen LogP contribution in [0.2, 0.25) is 0 Å². The Kier molecular flexibility index (Phi) is 4.34. The van der Waals surface area contributed by atoms with Crippen molar-refractivity contribution in [3.05, 3.63) is 24.3 Å². The number of carbonyl (C=O) groups excluding carboxylic acids is 1. The molecule has 0 radical (unpaired) electrons. The Morgan fingerprint density at radius 2 is 2.10 bits per heavy atom. The summed E-state index contributed by atoms with van der Waals surface area (Å²) in [5, 5.41) is 7.05. The van der Waals surface area contributed by atoms with Crippen molar-refractivity contribution in [3.8, 4) is 0 Å². The van der Waals surface area contributed by atoms with Gasteiger partial charge in [-0.25, -0.2) is 4.98 Å². The number of fused-ring (bicyclic) bond motifs is 1. The Labute approximate surface area is 117 Å². The van der Waals surface area contributed by atoms with Crippen molar-refractivity contribution in [1.29, 1.82) is 0 Å². The van der Waals surface area contributed by atoms with Gasteiger partial charge >= 0.3 is 0 Å². The summed E-state index contributed by atoms with van der Waals surface area (Å²) in [5.74, 6) is 0.737. The fourth-order valence-electron chi connectivity index (χ4n) is 1.78. The van der Waals surface area contributed by atoms with Gasteiger partial charge in [0.05, 0.1) is 5.52 Å². The summed E-state index contributed by atoms with van der Waals surface area (Å²) < 4.78 is 0. The van der Waals surface area contributed by atoms with E-state index in [1.807, 2.05) is 24.3 Å². The first kappa shape index (κ1) is 14.0. The maximum absolute atomic E-state index is 11.2. The van der Waals surface area contributed by atoms with Gasteiger partial charge < -0.3 is 16.4 Å². The van der Waals surface area contributed by atoms with E-state index in [1.165, 1.54) is 0 Å². The Balaban J connectivity index is 2.40. The van der Waals surface area contributed by atoms with E-state index in [-0.39, 0.29) is 0 Å². The van der Waals surface area contributed by atoms with E-state index >= 15 is 0 Å². The van der Waals surface area contributed by atoms with Gasteiger partial charge in [0.2, 0.25) is 11.9 Å². The van der Waals surface area contributed by atoms with Gasteiger partial charge in [-0.3, -0.25) is 4.79 Å². The summed E-state index contributed by atoms with van der Waals surface area (Å²) in [5.41, 5.74) is 6.11. The largest absolute Gasteiger partial charge is 0.368 e. The second kappa shape index (κ2) is 6.18. The number of benzene rings is 1. The molecule has 0 bridgehead atoms. The molecule has 0 aliphatic carbocycles. The second-order valence-corrected chi connectivity index (χ2v) is 4.61. The number of carbonyl (C=O) groups is 1. The molecular formula is C14H19N5O. The Bertz CT molecular complexity index is 614. The minimum atomic E-state index is -0.493. The third-order valence-corrected chi connectivity index (χ3v) is 2.92. The van der Waals surface area contributed by atoms with E-state index < -0.39 is 11.9 Å². The number of nitrogens with zero attached hydrogens (tertiary/aromatic N) is 2. The fourth-order valence-corrected chi connectivity index (χ4v) is 1.78. The number of hydrogen-bond donors (Lipinski definition) is 3. The average Bonchev–Trinajstić information content (AvgIpc) is 2.45. The molecule has 0 aliphatic heterocycles. The first-order valence-electron chi connectivity index (χ1n) is 6.68. The van der Waals surface area contributed by atoms with E-state index in [9.17, 15) is 4.79 Å². The third-order valence-electron chi connectivity index (χ3n) is 2.92. The molecule has 0 saturated heterocycles. The lowest BCUT2D eigenvalue weighted by Crippen LogP contribution is -2.33. The standard InChI is InChI=1S/C14H19N5O/c1-3-8-16-14-18-11-7-5-4-6-10(11)13(19-14)17-9(2)12(15)20/h4-7,9H,3,8H2,1-2H3,(H2,15,20)(H2,16,17,18,19). The molecule has 0 saturated carbocycles. The number of nitrogens with two attached hydrogens (primary N) is 1. The average molecular weight is 273 g/mol. The lowest BCUT2D eigenvalue weighted by atomic mass is 10.2. The van der Waals surface area contributed by atoms with Crippen LogP contribution in [0.5, 0.6) is 0 Å². The van der Waals surface area contributed by atoms with Crippen LogP contribution in [0.15, 0.2) is 24.3 Å². The molecule has 1 atom stereocenters. The van der Waals surface area contributed by atoms with Crippen molar-refractivity contribution in [2.24, 2.45) is 5.73 Å². The van der Waals surface area contributed by atoms with Crippen LogP contribution in [0.4, 0.5) is 11.8 Å². The molecule has 0 spiro atoms. The van der Waals surface area contributed by atoms with Crippen LogP contribution >= 0.6 is 0 Å². The van der Waals surface area contributed by atoms with Crippen molar-refractivity contribution in [3.63, 3.8) is 0 Å². The minimum absolute atomic E-state index is 0.421. The number of nitrogens with one attached hydrogen (secondary N) is 2. The second-order valence-electron chi connectivity index (χ2n) is 4.61. The molecule has 2 rings (SSSR count). The molecule has 1 amide bonds. The SMILES string of the molecule is CCCNc1nc(NC(C)C(N)=O)c2ccccc2n1. The van der Waals surface area contributed by atoms with Gasteiger partial charge in [0.25, 0.3) is 0 Å². The highest BCUT2D eigenvalue weighted by Crippen LogP contribution is 2.22. The van der Waals surface area contributed by atoms with Gasteiger partial charge in [0, 0.05) is 11.9 Å². The zero-order valence-corrected chi connectivity index (χ0v) is 11.7. The highest BCUT2D eigenvalue weighted by atomic mass is 16.1. The minimum Gasteiger partial charge on any atom is -0.368 e. The van der Waals surface area contributed by atoms with Crippen LogP contribution in [0, 0.1) is 0 Å². The van der Waals surface area contributed by atoms with Crippen LogP contribution in [0.3, 0.4) is 0 Å². The number of rotatable bonds is 6. The van der Waals surface area contributed by atoms with Crippen LogP contribution in [0.25, 0.3) is 10.9 Å². The van der Waals surface area contributed by atoms with Crippen molar-refractivity contribution >= 4 is 28.6 Å². The maximum Gasteiger partial charge on any atom is 0.239 e. The molecule has 1 unspecified atom stereocenters. The molecule has 2 aromatic rings. The number of aromatic nitrogens is 2. The van der Waals surface area contributed by atoms with Gasteiger partial charge in [0.1, 0.15) is 11.9 Å². The van der Waals surface area contributed by atoms with E-state index in [4.69, 9.17) is 5.73 Å². The van der Waals surface area contributed by atoms with E-state index in [0.29, 0.717) is 11.8 Å². The smallest absolute Gasteiger partial charge is 0.239 e. The quantitative estimate of drug-likeness (QED) is 0.745. The molecule has 20 heavy (non-hydrogen) atoms. The zero-order chi connectivity index (χ0) is 14.5. The predicted molar refractivity (Wildman–Crippen MR) is 80.6 cm³/mol. The topological polar surface area (TPSA) is 92.9 Å². The summed E-state index contributed by atoms with van der Waals surface area (Å²) in [6, 6.07) is 7.15. The lowest BCUT2D eigenvalue weighted by molar-refractivity contribution is -0.118. The number of primary amides is 1. The molecule has 106 valence electrons. The molecular weight excluding hydrogens is 254 g/mol. The van der Waals surface area contributed by atoms with Gasteiger partial charge in [-0.2, -0.15) is 4.98 Å². The van der Waals surface area contributed by atoms with Crippen LogP contribution in [0.1, 0.15) is 20.3 Å². The Hall–Kier alpha value is -2.37. The van der Waals surface area contributed by atoms with Gasteiger partial charge in [-0.1, -0.05) is 19.1 Å². The fraction of sp³-hybridized carbons (Fsp3) is 0.357. The maximum atomic E-state index is 11.2. The number of amides is 1. The molecule has 1 aromatic heterocycles. The van der Waals surface area contributed by atoms with Gasteiger partial charge in [0.15, 0.2) is 0 Å². The highest BCUT2D eigenvalue weighted by Gasteiger charge is 2.13. The molecule has 1 heterocycles. The van der Waals surface area contributed by atoms with Crippen LogP contribution < -0.4 is 16.4 Å². The van der Waals surface area contributed by atoms with Gasteiger partial charge in [-0.05, 0) is 25.5 Å². The van der Waals surface area contributed by atoms with E-state index in [0.717, 1.165) is 23.9 Å². The summed E-state index contributed by atoms with van der Waals surface area (Å²) in [7, 11) is 0. The van der Waals surface area contributed by atoms with Crippen LogP contribution in [-0.4, -0.2) is 28.5 Å². The third kappa shape index (κ3) is 3.14. The lowest BCUT2D eigenvalue weighted by Gasteiger charge is -2.14. The first-order chi connectivity index (χ1) is 9.61. The molecule has 0 fully saturated rings. The van der Waals surface area contributed by atoms with Crippen molar-refractivity contribution < 1.29 is 4.79 Å². The first-order valence-corrected chi connectivity index (χ1v) is 6.68. The number of para-hydroxylation sites is 1. The summed E-state index contributed by atoms with van der Waals surface area (Å²) in [6.45, 7) is 4.57. The van der Waals surface area contributed by atoms with E-state index in [2.05, 4.69) is 27.5 Å². The van der Waals surface area contributed by atoms with E-state index in [1.54, 1.807) is 6.92 Å². The molecule has 1 aromatic carbocycles. The van der Waals surface area contributed by atoms with Crippen molar-refractivity contribution in [1.82, 2.24) is 9.97 Å². The Morgan fingerprint density at radius 1 is 1.35 bits per heavy atom. The summed E-state index contributed by atoms with van der Waals surface area (Å²) in [4.78, 5) is 20.1. The molecule has 6 heteroatoms. The number of hydrogen-bond acceptors (Lipinski definition) is 5. The van der Waals surface area contributed by atoms with Gasteiger partial charge in [-0.15, -0.1) is 0 Å². The van der Waals surface area contributed by atoms with Crippen molar-refractivity contribution in [2.45, 2.75) is 26.3 Å². The number of anilines is 2. The molecule has 0 aliphatic rings. The van der Waals surface area contributed by atoms with Crippen molar-refractivity contribution in [2.75, 3.05) is 17.2 Å². The summed E-state index contributed by atoms with van der Waals surface area (Å²) in [6.07, 6.45) is 0.983. The normalized spacial score (nSPS) is 12.1. The molecule has 4 N–H and O–H groups in total. The molecule has 6 nitrogen and oxygen atoms in total. The highest BCUT2D eigenvalue weighted by molar-refractivity contribution is 5.92. The Morgan fingerprint density at radius 3 is 2.80 bits per heavy atom. The zero-order valence-electron chi connectivity index (χ0n) is 11.7.